The summed E-state index contributed by atoms with van der Waals surface area (Å²) in [4.78, 5) is 0. The SMILES string of the molecule is N#CSC1CSCS1. The summed E-state index contributed by atoms with van der Waals surface area (Å²) in [5.74, 6) is 1.14. The van der Waals surface area contributed by atoms with Gasteiger partial charge < -0.3 is 0 Å². The summed E-state index contributed by atoms with van der Waals surface area (Å²) < 4.78 is 0.546. The number of nitrogens with zero attached hydrogens (tertiary/aromatic N) is 1. The third kappa shape index (κ3) is 1.81. The maximum atomic E-state index is 8.22. The minimum atomic E-state index is 0.546. The van der Waals surface area contributed by atoms with Crippen LogP contribution in [0.25, 0.3) is 0 Å². The molecule has 1 heterocycles. The molecular weight excluding hydrogens is 158 g/mol. The van der Waals surface area contributed by atoms with Crippen molar-refractivity contribution in [3.63, 3.8) is 0 Å². The number of nitriles is 1. The van der Waals surface area contributed by atoms with Crippen LogP contribution in [0.15, 0.2) is 0 Å². The van der Waals surface area contributed by atoms with Gasteiger partial charge in [-0.25, -0.2) is 0 Å². The lowest BCUT2D eigenvalue weighted by Crippen LogP contribution is -1.89. The van der Waals surface area contributed by atoms with Crippen LogP contribution in [-0.4, -0.2) is 15.4 Å². The molecule has 0 saturated carbocycles. The molecule has 0 amide bonds. The van der Waals surface area contributed by atoms with Crippen LogP contribution in [0.3, 0.4) is 0 Å². The smallest absolute Gasteiger partial charge is 0.134 e. The van der Waals surface area contributed by atoms with Gasteiger partial charge in [0.25, 0.3) is 0 Å². The molecule has 1 aliphatic rings. The Morgan fingerprint density at radius 3 is 3.12 bits per heavy atom. The molecule has 1 fully saturated rings. The van der Waals surface area contributed by atoms with Crippen LogP contribution in [0.5, 0.6) is 0 Å². The number of rotatable bonds is 1. The van der Waals surface area contributed by atoms with E-state index >= 15 is 0 Å². The zero-order valence-corrected chi connectivity index (χ0v) is 6.61. The highest BCUT2D eigenvalue weighted by Crippen LogP contribution is 2.35. The fourth-order valence-electron chi connectivity index (χ4n) is 0.443. The molecule has 4 heteroatoms. The quantitative estimate of drug-likeness (QED) is 0.551. The van der Waals surface area contributed by atoms with Crippen molar-refractivity contribution in [2.24, 2.45) is 0 Å². The fraction of sp³-hybridized carbons (Fsp3) is 0.750. The Balaban J connectivity index is 2.17. The van der Waals surface area contributed by atoms with Crippen molar-refractivity contribution in [3.8, 4) is 5.40 Å². The Labute approximate surface area is 61.6 Å². The molecule has 1 saturated heterocycles. The summed E-state index contributed by atoms with van der Waals surface area (Å²) >= 11 is 5.17. The second-order valence-corrected chi connectivity index (χ2v) is 5.17. The summed E-state index contributed by atoms with van der Waals surface area (Å²) in [7, 11) is 0. The number of thiocyanates is 1. The van der Waals surface area contributed by atoms with Gasteiger partial charge in [0, 0.05) is 10.8 Å². The monoisotopic (exact) mass is 163 g/mol. The van der Waals surface area contributed by atoms with Crippen molar-refractivity contribution in [2.45, 2.75) is 4.58 Å². The van der Waals surface area contributed by atoms with Crippen molar-refractivity contribution in [1.29, 1.82) is 5.26 Å². The Hall–Kier alpha value is 0.540. The van der Waals surface area contributed by atoms with E-state index in [1.54, 1.807) is 0 Å². The first-order chi connectivity index (χ1) is 3.93. The second kappa shape index (κ2) is 3.54. The average Bonchev–Trinajstić information content (AvgIpc) is 2.19. The molecule has 1 atom stereocenters. The van der Waals surface area contributed by atoms with Gasteiger partial charge in [-0.05, 0) is 11.8 Å². The van der Waals surface area contributed by atoms with Crippen LogP contribution in [0.2, 0.25) is 0 Å². The van der Waals surface area contributed by atoms with Crippen LogP contribution in [0.1, 0.15) is 0 Å². The molecular formula is C4H5NS3. The van der Waals surface area contributed by atoms with E-state index in [-0.39, 0.29) is 0 Å². The second-order valence-electron chi connectivity index (χ2n) is 1.29. The van der Waals surface area contributed by atoms with E-state index in [0.717, 1.165) is 5.75 Å². The number of thioether (sulfide) groups is 3. The number of hydrogen-bond donors (Lipinski definition) is 0. The van der Waals surface area contributed by atoms with Crippen molar-refractivity contribution in [1.82, 2.24) is 0 Å². The van der Waals surface area contributed by atoms with Crippen LogP contribution in [0.4, 0.5) is 0 Å². The van der Waals surface area contributed by atoms with E-state index in [0.29, 0.717) is 4.58 Å². The minimum absolute atomic E-state index is 0.546. The molecule has 1 rings (SSSR count). The Morgan fingerprint density at radius 2 is 2.62 bits per heavy atom. The predicted molar refractivity (Wildman–Crippen MR) is 41.9 cm³/mol. The molecule has 1 unspecified atom stereocenters. The first-order valence-corrected chi connectivity index (χ1v) is 5.26. The predicted octanol–water partition coefficient (Wildman–Crippen LogP) is 1.96. The normalized spacial score (nSPS) is 27.6. The molecule has 0 radical (unpaired) electrons. The highest BCUT2D eigenvalue weighted by atomic mass is 32.2. The Kier molecular flexibility index (Phi) is 2.95. The summed E-state index contributed by atoms with van der Waals surface area (Å²) in [6.45, 7) is 0. The molecule has 0 aromatic rings. The largest absolute Gasteiger partial charge is 0.185 e. The van der Waals surface area contributed by atoms with Crippen molar-refractivity contribution in [2.75, 3.05) is 10.8 Å². The lowest BCUT2D eigenvalue weighted by molar-refractivity contribution is 1.48. The van der Waals surface area contributed by atoms with Gasteiger partial charge in [-0.3, -0.25) is 0 Å². The van der Waals surface area contributed by atoms with E-state index in [1.807, 2.05) is 23.5 Å². The van der Waals surface area contributed by atoms with E-state index < -0.39 is 0 Å². The Bertz CT molecular complexity index is 102. The van der Waals surface area contributed by atoms with Gasteiger partial charge >= 0.3 is 0 Å². The zero-order valence-electron chi connectivity index (χ0n) is 4.16. The first-order valence-electron chi connectivity index (χ1n) is 2.17. The minimum Gasteiger partial charge on any atom is -0.185 e. The standard InChI is InChI=1S/C4H5NS3/c5-2-7-4-1-6-3-8-4/h4H,1,3H2. The van der Waals surface area contributed by atoms with Gasteiger partial charge in [0.05, 0.1) is 4.58 Å². The van der Waals surface area contributed by atoms with Crippen LogP contribution >= 0.6 is 35.3 Å². The highest BCUT2D eigenvalue weighted by Gasteiger charge is 2.15. The van der Waals surface area contributed by atoms with Gasteiger partial charge in [-0.2, -0.15) is 5.26 Å². The molecule has 0 bridgehead atoms. The zero-order chi connectivity index (χ0) is 5.82. The van der Waals surface area contributed by atoms with Crippen molar-refractivity contribution in [3.05, 3.63) is 0 Å². The maximum absolute atomic E-state index is 8.22. The molecule has 0 aliphatic carbocycles. The molecule has 0 N–H and O–H groups in total. The average molecular weight is 163 g/mol. The highest BCUT2D eigenvalue weighted by molar-refractivity contribution is 8.28. The van der Waals surface area contributed by atoms with Gasteiger partial charge in [-0.1, -0.05) is 0 Å². The van der Waals surface area contributed by atoms with Crippen LogP contribution < -0.4 is 0 Å². The molecule has 44 valence electrons. The molecule has 0 spiro atoms. The lowest BCUT2D eigenvalue weighted by Gasteiger charge is -1.95. The van der Waals surface area contributed by atoms with Crippen LogP contribution in [-0.2, 0) is 0 Å². The third-order valence-electron chi connectivity index (χ3n) is 0.775. The Morgan fingerprint density at radius 1 is 1.75 bits per heavy atom. The van der Waals surface area contributed by atoms with Crippen LogP contribution in [0, 0.1) is 10.7 Å². The van der Waals surface area contributed by atoms with E-state index in [4.69, 9.17) is 5.26 Å². The summed E-state index contributed by atoms with van der Waals surface area (Å²) in [6.07, 6.45) is 0. The fourth-order valence-corrected chi connectivity index (χ4v) is 4.27. The van der Waals surface area contributed by atoms with Gasteiger partial charge in [0.1, 0.15) is 5.40 Å². The molecule has 1 nitrogen and oxygen atoms in total. The molecule has 0 aromatic carbocycles. The molecule has 1 aliphatic heterocycles. The maximum Gasteiger partial charge on any atom is 0.134 e. The third-order valence-corrected chi connectivity index (χ3v) is 4.75. The number of hydrogen-bond acceptors (Lipinski definition) is 4. The van der Waals surface area contributed by atoms with Crippen molar-refractivity contribution >= 4 is 35.3 Å². The molecule has 0 aromatic heterocycles. The molecule has 8 heavy (non-hydrogen) atoms. The van der Waals surface area contributed by atoms with E-state index in [9.17, 15) is 0 Å². The van der Waals surface area contributed by atoms with E-state index in [2.05, 4.69) is 5.40 Å². The lowest BCUT2D eigenvalue weighted by atomic mass is 10.9. The summed E-state index contributed by atoms with van der Waals surface area (Å²) in [5.41, 5.74) is 0. The summed E-state index contributed by atoms with van der Waals surface area (Å²) in [5, 5.41) is 11.5. The van der Waals surface area contributed by atoms with Gasteiger partial charge in [0.2, 0.25) is 0 Å². The van der Waals surface area contributed by atoms with Gasteiger partial charge in [-0.15, -0.1) is 23.5 Å². The van der Waals surface area contributed by atoms with Gasteiger partial charge in [0.15, 0.2) is 0 Å². The summed E-state index contributed by atoms with van der Waals surface area (Å²) in [6, 6.07) is 0. The topological polar surface area (TPSA) is 23.8 Å². The van der Waals surface area contributed by atoms with E-state index in [1.165, 1.54) is 16.8 Å². The first kappa shape index (κ1) is 6.66. The van der Waals surface area contributed by atoms with Crippen molar-refractivity contribution < 1.29 is 0 Å².